The van der Waals surface area contributed by atoms with Crippen LogP contribution < -0.4 is 0 Å². The summed E-state index contributed by atoms with van der Waals surface area (Å²) < 4.78 is 10.5. The molecule has 0 radical (unpaired) electrons. The van der Waals surface area contributed by atoms with Gasteiger partial charge in [-0.05, 0) is 13.0 Å². The molecule has 1 rings (SSSR count). The Morgan fingerprint density at radius 2 is 2.40 bits per heavy atom. The van der Waals surface area contributed by atoms with E-state index >= 15 is 0 Å². The molecule has 2 unspecified atom stereocenters. The number of rotatable bonds is 2. The zero-order chi connectivity index (χ0) is 7.40. The monoisotopic (exact) mass is 140 g/mol. The van der Waals surface area contributed by atoms with Gasteiger partial charge >= 0.3 is 0 Å². The molecule has 0 bridgehead atoms. The second-order valence-corrected chi connectivity index (χ2v) is 2.14. The van der Waals surface area contributed by atoms with E-state index in [4.69, 9.17) is 9.47 Å². The molecule has 0 N–H and O–H groups in total. The molecule has 2 heteroatoms. The molecule has 0 saturated carbocycles. The van der Waals surface area contributed by atoms with Crippen molar-refractivity contribution in [2.75, 3.05) is 6.61 Å². The van der Waals surface area contributed by atoms with Crippen molar-refractivity contribution in [1.29, 1.82) is 0 Å². The third kappa shape index (κ3) is 1.69. The van der Waals surface area contributed by atoms with Crippen molar-refractivity contribution in [2.45, 2.75) is 19.3 Å². The van der Waals surface area contributed by atoms with Gasteiger partial charge in [-0.25, -0.2) is 0 Å². The summed E-state index contributed by atoms with van der Waals surface area (Å²) in [7, 11) is 0. The summed E-state index contributed by atoms with van der Waals surface area (Å²) in [6.07, 6.45) is 5.46. The van der Waals surface area contributed by atoms with Gasteiger partial charge in [-0.2, -0.15) is 0 Å². The smallest absolute Gasteiger partial charge is 0.177 e. The highest BCUT2D eigenvalue weighted by molar-refractivity contribution is 4.90. The van der Waals surface area contributed by atoms with E-state index in [1.165, 1.54) is 0 Å². The van der Waals surface area contributed by atoms with Crippen molar-refractivity contribution in [3.63, 3.8) is 0 Å². The maximum absolute atomic E-state index is 5.32. The van der Waals surface area contributed by atoms with Crippen LogP contribution >= 0.6 is 0 Å². The van der Waals surface area contributed by atoms with Gasteiger partial charge in [0, 0.05) is 0 Å². The first-order chi connectivity index (χ1) is 4.86. The molecule has 0 spiro atoms. The molecule has 0 amide bonds. The summed E-state index contributed by atoms with van der Waals surface area (Å²) >= 11 is 0. The number of hydrogen-bond acceptors (Lipinski definition) is 2. The highest BCUT2D eigenvalue weighted by Crippen LogP contribution is 2.12. The lowest BCUT2D eigenvalue weighted by Crippen LogP contribution is -2.06. The van der Waals surface area contributed by atoms with Crippen molar-refractivity contribution in [1.82, 2.24) is 0 Å². The molecule has 2 nitrogen and oxygen atoms in total. The van der Waals surface area contributed by atoms with Crippen molar-refractivity contribution in [3.8, 4) is 0 Å². The highest BCUT2D eigenvalue weighted by atomic mass is 16.7. The van der Waals surface area contributed by atoms with Crippen molar-refractivity contribution in [3.05, 3.63) is 24.8 Å². The van der Waals surface area contributed by atoms with Crippen LogP contribution in [0.2, 0.25) is 0 Å². The average molecular weight is 140 g/mol. The van der Waals surface area contributed by atoms with Crippen LogP contribution in [-0.2, 0) is 9.47 Å². The van der Waals surface area contributed by atoms with Crippen molar-refractivity contribution < 1.29 is 9.47 Å². The largest absolute Gasteiger partial charge is 0.346 e. The summed E-state index contributed by atoms with van der Waals surface area (Å²) in [5.74, 6) is 0. The van der Waals surface area contributed by atoms with Gasteiger partial charge in [-0.1, -0.05) is 12.2 Å². The molecule has 1 saturated heterocycles. The van der Waals surface area contributed by atoms with Gasteiger partial charge < -0.3 is 9.47 Å². The van der Waals surface area contributed by atoms with Gasteiger partial charge in [0.15, 0.2) is 6.29 Å². The Bertz CT molecular complexity index is 140. The van der Waals surface area contributed by atoms with Crippen LogP contribution in [0.25, 0.3) is 0 Å². The van der Waals surface area contributed by atoms with Gasteiger partial charge in [0.25, 0.3) is 0 Å². The van der Waals surface area contributed by atoms with Gasteiger partial charge in [0.2, 0.25) is 0 Å². The Labute approximate surface area is 61.1 Å². The minimum Gasteiger partial charge on any atom is -0.346 e. The minimum absolute atomic E-state index is 0.0706. The van der Waals surface area contributed by atoms with Crippen LogP contribution in [0.3, 0.4) is 0 Å². The summed E-state index contributed by atoms with van der Waals surface area (Å²) in [4.78, 5) is 0. The molecule has 2 atom stereocenters. The molecule has 0 aromatic heterocycles. The van der Waals surface area contributed by atoms with Crippen molar-refractivity contribution >= 4 is 0 Å². The molecular weight excluding hydrogens is 128 g/mol. The fourth-order valence-corrected chi connectivity index (χ4v) is 0.822. The quantitative estimate of drug-likeness (QED) is 0.541. The second-order valence-electron chi connectivity index (χ2n) is 2.14. The summed E-state index contributed by atoms with van der Waals surface area (Å²) in [6, 6.07) is 0. The van der Waals surface area contributed by atoms with Crippen LogP contribution in [0, 0.1) is 0 Å². The van der Waals surface area contributed by atoms with E-state index in [2.05, 4.69) is 6.58 Å². The molecule has 1 fully saturated rings. The lowest BCUT2D eigenvalue weighted by molar-refractivity contribution is -0.0117. The van der Waals surface area contributed by atoms with Crippen LogP contribution in [0.15, 0.2) is 24.8 Å². The topological polar surface area (TPSA) is 18.5 Å². The van der Waals surface area contributed by atoms with Crippen LogP contribution in [0.4, 0.5) is 0 Å². The maximum Gasteiger partial charge on any atom is 0.177 e. The number of hydrogen-bond donors (Lipinski definition) is 0. The fraction of sp³-hybridized carbons (Fsp3) is 0.500. The first-order valence-corrected chi connectivity index (χ1v) is 3.39. The SMILES string of the molecule is C=CC1COC(C=CC)O1. The Kier molecular flexibility index (Phi) is 2.66. The summed E-state index contributed by atoms with van der Waals surface area (Å²) in [5, 5.41) is 0. The summed E-state index contributed by atoms with van der Waals surface area (Å²) in [6.45, 7) is 6.17. The zero-order valence-corrected chi connectivity index (χ0v) is 6.12. The lowest BCUT2D eigenvalue weighted by Gasteiger charge is -2.02. The Hall–Kier alpha value is -0.600. The minimum atomic E-state index is -0.159. The normalized spacial score (nSPS) is 33.3. The molecule has 1 aliphatic rings. The third-order valence-electron chi connectivity index (χ3n) is 1.35. The molecule has 1 aliphatic heterocycles. The standard InChI is InChI=1S/C8H12O2/c1-3-5-8-9-6-7(4-2)10-8/h3-5,7-8H,2,6H2,1H3. The van der Waals surface area contributed by atoms with E-state index in [-0.39, 0.29) is 12.4 Å². The molecule has 0 aromatic carbocycles. The van der Waals surface area contributed by atoms with E-state index in [1.807, 2.05) is 19.1 Å². The van der Waals surface area contributed by atoms with Crippen LogP contribution in [-0.4, -0.2) is 19.0 Å². The molecule has 0 aliphatic carbocycles. The number of allylic oxidation sites excluding steroid dienone is 1. The molecule has 56 valence electrons. The number of ether oxygens (including phenoxy) is 2. The molecule has 0 aromatic rings. The summed E-state index contributed by atoms with van der Waals surface area (Å²) in [5.41, 5.74) is 0. The predicted molar refractivity (Wildman–Crippen MR) is 39.6 cm³/mol. The van der Waals surface area contributed by atoms with E-state index in [9.17, 15) is 0 Å². The molecular formula is C8H12O2. The Morgan fingerprint density at radius 1 is 1.60 bits per heavy atom. The second kappa shape index (κ2) is 3.54. The van der Waals surface area contributed by atoms with Gasteiger partial charge in [-0.15, -0.1) is 6.58 Å². The van der Waals surface area contributed by atoms with E-state index in [0.717, 1.165) is 0 Å². The van der Waals surface area contributed by atoms with Crippen molar-refractivity contribution in [2.24, 2.45) is 0 Å². The Balaban J connectivity index is 2.35. The Morgan fingerprint density at radius 3 is 2.90 bits per heavy atom. The van der Waals surface area contributed by atoms with Crippen LogP contribution in [0.5, 0.6) is 0 Å². The maximum atomic E-state index is 5.32. The first kappa shape index (κ1) is 7.51. The predicted octanol–water partition coefficient (Wildman–Crippen LogP) is 1.49. The molecule has 10 heavy (non-hydrogen) atoms. The van der Waals surface area contributed by atoms with Gasteiger partial charge in [-0.3, -0.25) is 0 Å². The average Bonchev–Trinajstić information content (AvgIpc) is 2.37. The third-order valence-corrected chi connectivity index (χ3v) is 1.35. The van der Waals surface area contributed by atoms with E-state index < -0.39 is 0 Å². The van der Waals surface area contributed by atoms with Crippen LogP contribution in [0.1, 0.15) is 6.92 Å². The molecule has 1 heterocycles. The fourth-order valence-electron chi connectivity index (χ4n) is 0.822. The zero-order valence-electron chi connectivity index (χ0n) is 6.12. The van der Waals surface area contributed by atoms with Gasteiger partial charge in [0.1, 0.15) is 6.10 Å². The van der Waals surface area contributed by atoms with E-state index in [0.29, 0.717) is 6.61 Å². The highest BCUT2D eigenvalue weighted by Gasteiger charge is 2.20. The van der Waals surface area contributed by atoms with Gasteiger partial charge in [0.05, 0.1) is 6.61 Å². The van der Waals surface area contributed by atoms with E-state index in [1.54, 1.807) is 6.08 Å². The first-order valence-electron chi connectivity index (χ1n) is 3.39. The lowest BCUT2D eigenvalue weighted by atomic mass is 10.4.